The molecule has 0 bridgehead atoms. The summed E-state index contributed by atoms with van der Waals surface area (Å²) in [7, 11) is -1.94. The van der Waals surface area contributed by atoms with Gasteiger partial charge in [-0.25, -0.2) is 4.74 Å². The first-order valence-electron chi connectivity index (χ1n) is 11.0. The Hall–Kier alpha value is 0.0400. The van der Waals surface area contributed by atoms with E-state index in [0.717, 1.165) is 0 Å². The minimum absolute atomic E-state index is 0.0499. The number of rotatable bonds is 2. The number of thiocarbonyl (C=S) groups is 1. The van der Waals surface area contributed by atoms with Gasteiger partial charge in [0.05, 0.1) is 0 Å². The molecule has 2 rings (SSSR count). The molecule has 0 aromatic heterocycles. The average molecular weight is 415 g/mol. The molecule has 2 heterocycles. The molecular weight excluding hydrogens is 371 g/mol. The van der Waals surface area contributed by atoms with Gasteiger partial charge in [0.1, 0.15) is 7.36 Å². The maximum atomic E-state index is 5.82. The largest absolute Gasteiger partial charge is 0.356 e. The second-order valence-corrected chi connectivity index (χ2v) is 14.5. The standard InChI is InChI=1S/C21H43N4PS/c1-20(2,3)22-19(27)23-26(21(4,5)6,24-15-11-7-8-12-16-24)25-17-13-9-10-14-18-25/h7-18H2,1-6H3,(H,22,27). The molecule has 158 valence electrons. The highest BCUT2D eigenvalue weighted by molar-refractivity contribution is 7.81. The van der Waals surface area contributed by atoms with Crippen LogP contribution in [0.5, 0.6) is 0 Å². The Labute approximate surface area is 174 Å². The smallest absolute Gasteiger partial charge is 0.194 e. The van der Waals surface area contributed by atoms with Crippen LogP contribution in [0.2, 0.25) is 0 Å². The number of hydrogen-bond acceptors (Lipinski definition) is 1. The molecule has 2 saturated heterocycles. The Kier molecular flexibility index (Phi) is 8.37. The van der Waals surface area contributed by atoms with E-state index in [1.54, 1.807) is 0 Å². The Morgan fingerprint density at radius 1 is 0.741 bits per heavy atom. The zero-order chi connectivity index (χ0) is 20.1. The fourth-order valence-electron chi connectivity index (χ4n) is 4.44. The predicted molar refractivity (Wildman–Crippen MR) is 125 cm³/mol. The fraction of sp³-hybridized carbons (Fsp3) is 0.952. The van der Waals surface area contributed by atoms with Crippen molar-refractivity contribution in [1.29, 1.82) is 0 Å². The van der Waals surface area contributed by atoms with Gasteiger partial charge in [-0.3, -0.25) is 9.34 Å². The zero-order valence-corrected chi connectivity index (χ0v) is 20.4. The SMILES string of the molecule is CC(C)(C)NC(=S)N=P(N1CCCCCC1)(N1CCCCCC1)C(C)(C)C. The van der Waals surface area contributed by atoms with Gasteiger partial charge in [0, 0.05) is 36.9 Å². The van der Waals surface area contributed by atoms with Crippen molar-refractivity contribution in [2.24, 2.45) is 4.74 Å². The van der Waals surface area contributed by atoms with Crippen LogP contribution in [-0.4, -0.2) is 51.3 Å². The van der Waals surface area contributed by atoms with E-state index in [0.29, 0.717) is 5.11 Å². The highest BCUT2D eigenvalue weighted by Gasteiger charge is 2.44. The van der Waals surface area contributed by atoms with Gasteiger partial charge in [0.15, 0.2) is 5.11 Å². The van der Waals surface area contributed by atoms with Crippen molar-refractivity contribution in [2.75, 3.05) is 26.2 Å². The van der Waals surface area contributed by atoms with Crippen molar-refractivity contribution in [1.82, 2.24) is 14.7 Å². The molecular formula is C21H43N4PS. The van der Waals surface area contributed by atoms with E-state index in [2.05, 4.69) is 56.2 Å². The van der Waals surface area contributed by atoms with E-state index >= 15 is 0 Å². The second-order valence-electron chi connectivity index (χ2n) is 10.3. The molecule has 1 N–H and O–H groups in total. The molecule has 2 aliphatic rings. The van der Waals surface area contributed by atoms with Crippen LogP contribution in [0.4, 0.5) is 0 Å². The molecule has 0 amide bonds. The highest BCUT2D eigenvalue weighted by Crippen LogP contribution is 2.66. The number of nitrogens with one attached hydrogen (secondary N) is 1. The Morgan fingerprint density at radius 2 is 1.11 bits per heavy atom. The summed E-state index contributed by atoms with van der Waals surface area (Å²) < 4.78 is 11.0. The lowest BCUT2D eigenvalue weighted by Crippen LogP contribution is -2.44. The topological polar surface area (TPSA) is 30.9 Å². The molecule has 0 radical (unpaired) electrons. The molecule has 2 fully saturated rings. The van der Waals surface area contributed by atoms with E-state index in [1.807, 2.05) is 0 Å². The monoisotopic (exact) mass is 414 g/mol. The third-order valence-electron chi connectivity index (χ3n) is 5.57. The van der Waals surface area contributed by atoms with Crippen molar-refractivity contribution in [3.8, 4) is 0 Å². The van der Waals surface area contributed by atoms with Crippen LogP contribution in [0.1, 0.15) is 92.9 Å². The van der Waals surface area contributed by atoms with Crippen LogP contribution in [0.3, 0.4) is 0 Å². The predicted octanol–water partition coefficient (Wildman–Crippen LogP) is 6.24. The van der Waals surface area contributed by atoms with Gasteiger partial charge < -0.3 is 5.32 Å². The van der Waals surface area contributed by atoms with Gasteiger partial charge in [-0.05, 0) is 58.7 Å². The average Bonchev–Trinajstić information content (AvgIpc) is 2.95. The zero-order valence-electron chi connectivity index (χ0n) is 18.7. The summed E-state index contributed by atoms with van der Waals surface area (Å²) in [5.74, 6) is 0. The van der Waals surface area contributed by atoms with E-state index in [9.17, 15) is 0 Å². The molecule has 0 atom stereocenters. The summed E-state index contributed by atoms with van der Waals surface area (Å²) in [6.07, 6.45) is 10.6. The van der Waals surface area contributed by atoms with Gasteiger partial charge in [-0.2, -0.15) is 0 Å². The van der Waals surface area contributed by atoms with Crippen LogP contribution in [0.25, 0.3) is 0 Å². The van der Waals surface area contributed by atoms with E-state index < -0.39 is 7.36 Å². The third-order valence-corrected chi connectivity index (χ3v) is 10.6. The van der Waals surface area contributed by atoms with Crippen molar-refractivity contribution in [3.63, 3.8) is 0 Å². The number of hydrogen-bond donors (Lipinski definition) is 1. The van der Waals surface area contributed by atoms with Gasteiger partial charge in [0.2, 0.25) is 0 Å². The van der Waals surface area contributed by atoms with Gasteiger partial charge in [-0.1, -0.05) is 46.5 Å². The minimum atomic E-state index is -1.94. The molecule has 6 heteroatoms. The van der Waals surface area contributed by atoms with E-state index in [4.69, 9.17) is 17.0 Å². The van der Waals surface area contributed by atoms with Crippen LogP contribution in [-0.2, 0) is 0 Å². The van der Waals surface area contributed by atoms with Crippen LogP contribution >= 0.6 is 19.6 Å². The van der Waals surface area contributed by atoms with E-state index in [-0.39, 0.29) is 10.7 Å². The number of nitrogens with zero attached hydrogens (tertiary/aromatic N) is 3. The third kappa shape index (κ3) is 6.26. The molecule has 4 nitrogen and oxygen atoms in total. The molecule has 27 heavy (non-hydrogen) atoms. The van der Waals surface area contributed by atoms with Crippen molar-refractivity contribution >= 4 is 24.7 Å². The minimum Gasteiger partial charge on any atom is -0.356 e. The maximum Gasteiger partial charge on any atom is 0.194 e. The molecule has 0 saturated carbocycles. The lowest BCUT2D eigenvalue weighted by Gasteiger charge is -2.51. The van der Waals surface area contributed by atoms with Crippen LogP contribution in [0, 0.1) is 0 Å². The summed E-state index contributed by atoms with van der Waals surface area (Å²) in [6.45, 7) is 18.4. The fourth-order valence-corrected chi connectivity index (χ4v) is 9.68. The summed E-state index contributed by atoms with van der Waals surface area (Å²) in [6, 6.07) is 0. The van der Waals surface area contributed by atoms with Crippen molar-refractivity contribution in [2.45, 2.75) is 104 Å². The summed E-state index contributed by atoms with van der Waals surface area (Å²) in [5, 5.41) is 4.29. The van der Waals surface area contributed by atoms with Gasteiger partial charge in [-0.15, -0.1) is 0 Å². The van der Waals surface area contributed by atoms with Gasteiger partial charge >= 0.3 is 0 Å². The van der Waals surface area contributed by atoms with Crippen LogP contribution < -0.4 is 5.32 Å². The Balaban J connectivity index is 2.55. The Morgan fingerprint density at radius 3 is 1.41 bits per heavy atom. The summed E-state index contributed by atoms with van der Waals surface area (Å²) >= 11 is 5.82. The molecule has 0 aliphatic carbocycles. The molecule has 0 spiro atoms. The van der Waals surface area contributed by atoms with Crippen LogP contribution in [0.15, 0.2) is 4.74 Å². The van der Waals surface area contributed by atoms with Crippen molar-refractivity contribution < 1.29 is 0 Å². The Bertz CT molecular complexity index is 507. The molecule has 0 aromatic carbocycles. The van der Waals surface area contributed by atoms with Crippen molar-refractivity contribution in [3.05, 3.63) is 0 Å². The lowest BCUT2D eigenvalue weighted by atomic mass is 10.1. The first-order chi connectivity index (χ1) is 12.6. The first-order valence-corrected chi connectivity index (χ1v) is 13.1. The molecule has 2 aliphatic heterocycles. The normalized spacial score (nSPS) is 22.0. The molecule has 0 aromatic rings. The first kappa shape index (κ1) is 23.3. The second kappa shape index (κ2) is 9.69. The highest BCUT2D eigenvalue weighted by atomic mass is 32.1. The lowest BCUT2D eigenvalue weighted by molar-refractivity contribution is 0.368. The van der Waals surface area contributed by atoms with E-state index in [1.165, 1.54) is 77.5 Å². The maximum absolute atomic E-state index is 5.82. The molecule has 0 unspecified atom stereocenters. The quantitative estimate of drug-likeness (QED) is 0.428. The summed E-state index contributed by atoms with van der Waals surface area (Å²) in [5.41, 5.74) is -0.0499. The summed E-state index contributed by atoms with van der Waals surface area (Å²) in [4.78, 5) is 0. The van der Waals surface area contributed by atoms with Gasteiger partial charge in [0.25, 0.3) is 0 Å².